The summed E-state index contributed by atoms with van der Waals surface area (Å²) >= 11 is 0. The summed E-state index contributed by atoms with van der Waals surface area (Å²) in [4.78, 5) is 37.2. The number of benzene rings is 1. The normalized spacial score (nSPS) is 20.4. The van der Waals surface area contributed by atoms with Crippen LogP contribution in [0.3, 0.4) is 0 Å². The van der Waals surface area contributed by atoms with Gasteiger partial charge in [0.05, 0.1) is 35.9 Å². The maximum Gasteiger partial charge on any atom is 0.238 e. The fourth-order valence-corrected chi connectivity index (χ4v) is 6.70. The van der Waals surface area contributed by atoms with Crippen molar-refractivity contribution in [2.75, 3.05) is 18.5 Å². The summed E-state index contributed by atoms with van der Waals surface area (Å²) in [6.45, 7) is 1.21. The smallest absolute Gasteiger partial charge is 0.238 e. The van der Waals surface area contributed by atoms with Crippen molar-refractivity contribution in [2.24, 2.45) is 0 Å². The maximum atomic E-state index is 12.9. The number of piperidine rings is 1. The highest BCUT2D eigenvalue weighted by Crippen LogP contribution is 2.44. The van der Waals surface area contributed by atoms with E-state index in [1.165, 1.54) is 11.4 Å². The highest BCUT2D eigenvalue weighted by atomic mass is 32.2. The number of ketones is 1. The van der Waals surface area contributed by atoms with Gasteiger partial charge in [-0.25, -0.2) is 18.1 Å². The van der Waals surface area contributed by atoms with Gasteiger partial charge in [-0.1, -0.05) is 36.4 Å². The Morgan fingerprint density at radius 3 is 2.34 bits per heavy atom. The van der Waals surface area contributed by atoms with Crippen molar-refractivity contribution in [3.05, 3.63) is 66.1 Å². The molecule has 0 aliphatic carbocycles. The maximum absolute atomic E-state index is 12.9. The Morgan fingerprint density at radius 2 is 1.73 bits per heavy atom. The van der Waals surface area contributed by atoms with Gasteiger partial charge >= 0.3 is 0 Å². The molecular weight excluding hydrogens is 542 g/mol. The van der Waals surface area contributed by atoms with Gasteiger partial charge in [0.25, 0.3) is 0 Å². The van der Waals surface area contributed by atoms with Crippen molar-refractivity contribution in [1.29, 1.82) is 0 Å². The molecule has 2 saturated heterocycles. The number of nitrogens with one attached hydrogen (secondary N) is 1. The van der Waals surface area contributed by atoms with Crippen LogP contribution in [0, 0.1) is 0 Å². The zero-order valence-corrected chi connectivity index (χ0v) is 23.6. The van der Waals surface area contributed by atoms with Crippen LogP contribution in [0.2, 0.25) is 0 Å². The first-order valence-corrected chi connectivity index (χ1v) is 15.5. The Labute approximate surface area is 237 Å². The Kier molecular flexibility index (Phi) is 6.82. The molecule has 212 valence electrons. The van der Waals surface area contributed by atoms with Crippen molar-refractivity contribution in [3.8, 4) is 22.4 Å². The average molecular weight is 574 g/mol. The molecule has 3 N–H and O–H groups in total. The molecule has 3 aromatic heterocycles. The van der Waals surface area contributed by atoms with Crippen LogP contribution in [0.5, 0.6) is 0 Å². The van der Waals surface area contributed by atoms with Gasteiger partial charge in [-0.3, -0.25) is 14.6 Å². The first kappa shape index (κ1) is 27.0. The van der Waals surface area contributed by atoms with Crippen molar-refractivity contribution in [3.63, 3.8) is 0 Å². The minimum atomic E-state index is -3.48. The second-order valence-corrected chi connectivity index (χ2v) is 12.7. The Hall–Kier alpha value is -4.16. The molecule has 4 aromatic rings. The van der Waals surface area contributed by atoms with E-state index in [-0.39, 0.29) is 42.1 Å². The third-order valence-corrected chi connectivity index (χ3v) is 8.77. The van der Waals surface area contributed by atoms with E-state index in [4.69, 9.17) is 10.7 Å². The number of rotatable bonds is 7. The number of carbonyl (C=O) groups excluding carboxylic acids is 2. The zero-order chi connectivity index (χ0) is 28.9. The quantitative estimate of drug-likeness (QED) is 0.320. The molecule has 2 aliphatic heterocycles. The third-order valence-electron chi connectivity index (χ3n) is 8.10. The van der Waals surface area contributed by atoms with Gasteiger partial charge in [-0.2, -0.15) is 9.61 Å². The van der Waals surface area contributed by atoms with Crippen LogP contribution in [0.15, 0.2) is 54.9 Å². The van der Waals surface area contributed by atoms with Crippen LogP contribution >= 0.6 is 0 Å². The van der Waals surface area contributed by atoms with Crippen LogP contribution in [0.4, 0.5) is 5.82 Å². The molecule has 6 rings (SSSR count). The number of aromatic nitrogens is 4. The second-order valence-electron chi connectivity index (χ2n) is 10.9. The molecule has 12 heteroatoms. The standard InChI is InChI=1S/C29H31N7O4S/c1-17(37)26-27(20-12-21-9-10-22(13-20)35(21)25(38)16-33-41(2,39)40)34-29-23(15-32-36(29)28(26)30)19-8-11-24(31-14-19)18-6-4-3-5-7-18/h3-8,11,14-15,20-22,33H,9-10,12-13,16,30H2,1-2H3/t20?,21-,22?/m0/s1. The zero-order valence-electron chi connectivity index (χ0n) is 22.8. The van der Waals surface area contributed by atoms with Crippen molar-refractivity contribution in [2.45, 2.75) is 50.6 Å². The van der Waals surface area contributed by atoms with E-state index in [2.05, 4.69) is 14.8 Å². The van der Waals surface area contributed by atoms with Crippen LogP contribution < -0.4 is 10.5 Å². The number of hydrogen-bond acceptors (Lipinski definition) is 8. The van der Waals surface area contributed by atoms with Crippen LogP contribution in [-0.4, -0.2) is 69.5 Å². The molecule has 1 amide bonds. The molecule has 1 aromatic carbocycles. The number of nitrogens with two attached hydrogens (primary N) is 1. The van der Waals surface area contributed by atoms with Crippen LogP contribution in [0.25, 0.3) is 28.0 Å². The van der Waals surface area contributed by atoms with E-state index >= 15 is 0 Å². The average Bonchev–Trinajstić information content (AvgIpc) is 3.49. The molecule has 0 radical (unpaired) electrons. The molecular formula is C29H31N7O4S. The Balaban J connectivity index is 1.34. The first-order chi connectivity index (χ1) is 19.6. The lowest BCUT2D eigenvalue weighted by atomic mass is 9.85. The summed E-state index contributed by atoms with van der Waals surface area (Å²) in [6.07, 6.45) is 7.36. The van der Waals surface area contributed by atoms with E-state index < -0.39 is 10.0 Å². The molecule has 5 heterocycles. The van der Waals surface area contributed by atoms with Crippen LogP contribution in [-0.2, 0) is 14.8 Å². The number of sulfonamides is 1. The molecule has 11 nitrogen and oxygen atoms in total. The predicted molar refractivity (Wildman–Crippen MR) is 155 cm³/mol. The summed E-state index contributed by atoms with van der Waals surface area (Å²) in [6, 6.07) is 13.7. The number of nitrogen functional groups attached to an aromatic ring is 1. The lowest BCUT2D eigenvalue weighted by molar-refractivity contribution is -0.134. The molecule has 41 heavy (non-hydrogen) atoms. The van der Waals surface area contributed by atoms with E-state index in [9.17, 15) is 18.0 Å². The summed E-state index contributed by atoms with van der Waals surface area (Å²) in [7, 11) is -3.48. The number of Topliss-reactive ketones (excluding diaryl/α,β-unsaturated/α-hetero) is 1. The first-order valence-electron chi connectivity index (χ1n) is 13.6. The number of hydrogen-bond donors (Lipinski definition) is 2. The molecule has 2 fully saturated rings. The fourth-order valence-electron chi connectivity index (χ4n) is 6.32. The van der Waals surface area contributed by atoms with Gasteiger partial charge in [0.1, 0.15) is 5.82 Å². The Bertz CT molecular complexity index is 1740. The van der Waals surface area contributed by atoms with Crippen molar-refractivity contribution >= 4 is 33.2 Å². The highest BCUT2D eigenvalue weighted by molar-refractivity contribution is 7.88. The molecule has 3 atom stereocenters. The second kappa shape index (κ2) is 10.3. The lowest BCUT2D eigenvalue weighted by Gasteiger charge is -2.39. The van der Waals surface area contributed by atoms with E-state index in [0.29, 0.717) is 29.7 Å². The monoisotopic (exact) mass is 573 g/mol. The summed E-state index contributed by atoms with van der Waals surface area (Å²) in [5.41, 5.74) is 11.5. The van der Waals surface area contributed by atoms with E-state index in [0.717, 1.165) is 41.5 Å². The minimum absolute atomic E-state index is 0.0641. The number of fused-ring (bicyclic) bond motifs is 3. The highest BCUT2D eigenvalue weighted by Gasteiger charge is 2.45. The number of pyridine rings is 1. The van der Waals surface area contributed by atoms with E-state index in [1.807, 2.05) is 47.4 Å². The van der Waals surface area contributed by atoms with Gasteiger partial charge in [-0.15, -0.1) is 0 Å². The van der Waals surface area contributed by atoms with Crippen molar-refractivity contribution < 1.29 is 18.0 Å². The topological polar surface area (TPSA) is 153 Å². The molecule has 0 spiro atoms. The number of anilines is 1. The summed E-state index contributed by atoms with van der Waals surface area (Å²) in [5, 5.41) is 4.46. The number of carbonyl (C=O) groups is 2. The lowest BCUT2D eigenvalue weighted by Crippen LogP contribution is -2.49. The van der Waals surface area contributed by atoms with Gasteiger partial charge in [0.15, 0.2) is 11.4 Å². The molecule has 2 bridgehead atoms. The largest absolute Gasteiger partial charge is 0.383 e. The van der Waals surface area contributed by atoms with Gasteiger partial charge < -0.3 is 10.6 Å². The number of nitrogens with zero attached hydrogens (tertiary/aromatic N) is 5. The number of amides is 1. The molecule has 2 aliphatic rings. The molecule has 2 unspecified atom stereocenters. The molecule has 0 saturated carbocycles. The summed E-state index contributed by atoms with van der Waals surface area (Å²) in [5.74, 6) is -0.283. The van der Waals surface area contributed by atoms with Gasteiger partial charge in [0, 0.05) is 40.9 Å². The van der Waals surface area contributed by atoms with Crippen molar-refractivity contribution in [1.82, 2.24) is 29.2 Å². The van der Waals surface area contributed by atoms with Crippen LogP contribution in [0.1, 0.15) is 54.6 Å². The Morgan fingerprint density at radius 1 is 1.02 bits per heavy atom. The predicted octanol–water partition coefficient (Wildman–Crippen LogP) is 3.03. The van der Waals surface area contributed by atoms with Gasteiger partial charge in [0.2, 0.25) is 15.9 Å². The summed E-state index contributed by atoms with van der Waals surface area (Å²) < 4.78 is 26.8. The SMILES string of the molecule is CC(=O)c1c(C2CC3CC[C@@H](C2)N3C(=O)CNS(C)(=O)=O)nc2c(-c3ccc(-c4ccccc4)nc3)cnn2c1N. The minimum Gasteiger partial charge on any atom is -0.383 e. The van der Waals surface area contributed by atoms with Gasteiger partial charge in [-0.05, 0) is 38.7 Å². The third kappa shape index (κ3) is 5.08. The fraction of sp³-hybridized carbons (Fsp3) is 0.345. The van der Waals surface area contributed by atoms with E-state index in [1.54, 1.807) is 12.4 Å².